The highest BCUT2D eigenvalue weighted by molar-refractivity contribution is 5.79. The maximum Gasteiger partial charge on any atom is 0.191 e. The van der Waals surface area contributed by atoms with Crippen molar-refractivity contribution >= 4 is 5.96 Å². The van der Waals surface area contributed by atoms with Crippen molar-refractivity contribution in [2.75, 3.05) is 40.5 Å². The molecule has 0 radical (unpaired) electrons. The minimum absolute atomic E-state index is 0.571. The molecule has 0 spiro atoms. The van der Waals surface area contributed by atoms with Crippen molar-refractivity contribution in [3.8, 4) is 11.5 Å². The lowest BCUT2D eigenvalue weighted by molar-refractivity contribution is 0.145. The number of guanidine groups is 1. The van der Waals surface area contributed by atoms with E-state index in [4.69, 9.17) is 14.2 Å². The van der Waals surface area contributed by atoms with Gasteiger partial charge in [0.05, 0.1) is 20.8 Å². The monoisotopic (exact) mass is 323 g/mol. The van der Waals surface area contributed by atoms with Crippen LogP contribution in [-0.4, -0.2) is 46.5 Å². The van der Waals surface area contributed by atoms with Gasteiger partial charge >= 0.3 is 0 Å². The minimum Gasteiger partial charge on any atom is -0.493 e. The molecule has 0 saturated carbocycles. The van der Waals surface area contributed by atoms with Gasteiger partial charge in [-0.1, -0.05) is 6.07 Å². The smallest absolute Gasteiger partial charge is 0.191 e. The van der Waals surface area contributed by atoms with E-state index < -0.39 is 0 Å². The molecule has 0 amide bonds. The van der Waals surface area contributed by atoms with E-state index in [-0.39, 0.29) is 0 Å². The van der Waals surface area contributed by atoms with E-state index in [0.29, 0.717) is 6.54 Å². The SMILES string of the molecule is CCNC(=NCc1ccc(OC)c(OC)c1)NCCCOCC. The Morgan fingerprint density at radius 3 is 2.52 bits per heavy atom. The third-order valence-electron chi connectivity index (χ3n) is 3.17. The molecule has 130 valence electrons. The van der Waals surface area contributed by atoms with Crippen molar-refractivity contribution in [2.24, 2.45) is 4.99 Å². The zero-order chi connectivity index (χ0) is 16.9. The van der Waals surface area contributed by atoms with Gasteiger partial charge in [0.2, 0.25) is 0 Å². The first-order chi connectivity index (χ1) is 11.2. The van der Waals surface area contributed by atoms with Gasteiger partial charge in [-0.05, 0) is 38.0 Å². The fraction of sp³-hybridized carbons (Fsp3) is 0.588. The summed E-state index contributed by atoms with van der Waals surface area (Å²) in [5.41, 5.74) is 1.06. The fourth-order valence-corrected chi connectivity index (χ4v) is 2.02. The number of benzene rings is 1. The van der Waals surface area contributed by atoms with Crippen molar-refractivity contribution in [3.05, 3.63) is 23.8 Å². The van der Waals surface area contributed by atoms with Crippen LogP contribution in [0.2, 0.25) is 0 Å². The molecule has 0 fully saturated rings. The largest absolute Gasteiger partial charge is 0.493 e. The Morgan fingerprint density at radius 1 is 1.09 bits per heavy atom. The Morgan fingerprint density at radius 2 is 1.87 bits per heavy atom. The highest BCUT2D eigenvalue weighted by Gasteiger charge is 2.04. The Bertz CT molecular complexity index is 478. The van der Waals surface area contributed by atoms with Crippen molar-refractivity contribution < 1.29 is 14.2 Å². The van der Waals surface area contributed by atoms with Gasteiger partial charge in [0.25, 0.3) is 0 Å². The lowest BCUT2D eigenvalue weighted by Gasteiger charge is -2.12. The highest BCUT2D eigenvalue weighted by Crippen LogP contribution is 2.27. The Hall–Kier alpha value is -1.95. The van der Waals surface area contributed by atoms with E-state index in [1.807, 2.05) is 32.0 Å². The molecule has 1 aromatic carbocycles. The zero-order valence-electron chi connectivity index (χ0n) is 14.6. The van der Waals surface area contributed by atoms with E-state index in [0.717, 1.165) is 55.7 Å². The summed E-state index contributed by atoms with van der Waals surface area (Å²) in [7, 11) is 3.26. The van der Waals surface area contributed by atoms with Gasteiger partial charge in [-0.3, -0.25) is 0 Å². The summed E-state index contributed by atoms with van der Waals surface area (Å²) in [5, 5.41) is 6.54. The second-order valence-corrected chi connectivity index (χ2v) is 4.86. The third kappa shape index (κ3) is 7.23. The average molecular weight is 323 g/mol. The van der Waals surface area contributed by atoms with Gasteiger partial charge < -0.3 is 24.8 Å². The third-order valence-corrected chi connectivity index (χ3v) is 3.17. The number of nitrogens with one attached hydrogen (secondary N) is 2. The summed E-state index contributed by atoms with van der Waals surface area (Å²) in [6.07, 6.45) is 0.953. The molecule has 1 rings (SSSR count). The lowest BCUT2D eigenvalue weighted by atomic mass is 10.2. The van der Waals surface area contributed by atoms with Crippen molar-refractivity contribution in [2.45, 2.75) is 26.8 Å². The van der Waals surface area contributed by atoms with E-state index in [1.165, 1.54) is 0 Å². The second-order valence-electron chi connectivity index (χ2n) is 4.86. The first kappa shape index (κ1) is 19.1. The fourth-order valence-electron chi connectivity index (χ4n) is 2.02. The highest BCUT2D eigenvalue weighted by atomic mass is 16.5. The van der Waals surface area contributed by atoms with E-state index in [2.05, 4.69) is 15.6 Å². The van der Waals surface area contributed by atoms with Crippen LogP contribution in [-0.2, 0) is 11.3 Å². The first-order valence-electron chi connectivity index (χ1n) is 8.05. The van der Waals surface area contributed by atoms with Crippen molar-refractivity contribution in [3.63, 3.8) is 0 Å². The molecule has 0 aliphatic rings. The van der Waals surface area contributed by atoms with Crippen LogP contribution in [0.15, 0.2) is 23.2 Å². The van der Waals surface area contributed by atoms with Crippen LogP contribution < -0.4 is 20.1 Å². The lowest BCUT2D eigenvalue weighted by Crippen LogP contribution is -2.38. The Labute approximate surface area is 139 Å². The van der Waals surface area contributed by atoms with E-state index in [9.17, 15) is 0 Å². The molecular weight excluding hydrogens is 294 g/mol. The molecule has 1 aromatic rings. The van der Waals surface area contributed by atoms with Crippen LogP contribution >= 0.6 is 0 Å². The minimum atomic E-state index is 0.571. The van der Waals surface area contributed by atoms with Crippen molar-refractivity contribution in [1.29, 1.82) is 0 Å². The maximum absolute atomic E-state index is 5.33. The Kier molecular flexibility index (Phi) is 9.63. The van der Waals surface area contributed by atoms with Gasteiger partial charge in [0.15, 0.2) is 17.5 Å². The standard InChI is InChI=1S/C17H29N3O3/c1-5-18-17(19-10-7-11-23-6-2)20-13-14-8-9-15(21-3)16(12-14)22-4/h8-9,12H,5-7,10-11,13H2,1-4H3,(H2,18,19,20). The number of nitrogens with zero attached hydrogens (tertiary/aromatic N) is 1. The predicted octanol–water partition coefficient (Wildman–Crippen LogP) is 2.19. The predicted molar refractivity (Wildman–Crippen MR) is 93.5 cm³/mol. The number of ether oxygens (including phenoxy) is 3. The molecule has 6 heteroatoms. The number of methoxy groups -OCH3 is 2. The van der Waals surface area contributed by atoms with Gasteiger partial charge in [0.1, 0.15) is 0 Å². The summed E-state index contributed by atoms with van der Waals surface area (Å²) in [5.74, 6) is 2.25. The number of rotatable bonds is 10. The summed E-state index contributed by atoms with van der Waals surface area (Å²) in [4.78, 5) is 4.59. The number of hydrogen-bond donors (Lipinski definition) is 2. The molecule has 0 heterocycles. The summed E-state index contributed by atoms with van der Waals surface area (Å²) in [6.45, 7) is 7.80. The quantitative estimate of drug-likeness (QED) is 0.392. The normalized spacial score (nSPS) is 11.2. The first-order valence-corrected chi connectivity index (χ1v) is 8.05. The Balaban J connectivity index is 2.58. The molecule has 0 aromatic heterocycles. The molecule has 0 atom stereocenters. The summed E-state index contributed by atoms with van der Waals surface area (Å²) < 4.78 is 15.9. The molecule has 0 aliphatic carbocycles. The summed E-state index contributed by atoms with van der Waals surface area (Å²) >= 11 is 0. The number of aliphatic imine (C=N–C) groups is 1. The van der Waals surface area contributed by atoms with Gasteiger partial charge in [-0.25, -0.2) is 4.99 Å². The number of hydrogen-bond acceptors (Lipinski definition) is 4. The molecule has 0 unspecified atom stereocenters. The topological polar surface area (TPSA) is 64.1 Å². The molecule has 0 aliphatic heterocycles. The van der Waals surface area contributed by atoms with Crippen LogP contribution in [0.25, 0.3) is 0 Å². The maximum atomic E-state index is 5.33. The van der Waals surface area contributed by atoms with Crippen LogP contribution in [0.5, 0.6) is 11.5 Å². The average Bonchev–Trinajstić information content (AvgIpc) is 2.59. The van der Waals surface area contributed by atoms with Gasteiger partial charge in [0, 0.05) is 26.3 Å². The van der Waals surface area contributed by atoms with Crippen LogP contribution in [0.4, 0.5) is 0 Å². The molecular formula is C17H29N3O3. The molecule has 6 nitrogen and oxygen atoms in total. The molecule has 0 bridgehead atoms. The van der Waals surface area contributed by atoms with E-state index >= 15 is 0 Å². The molecule has 2 N–H and O–H groups in total. The summed E-state index contributed by atoms with van der Waals surface area (Å²) in [6, 6.07) is 5.83. The molecule has 0 saturated heterocycles. The van der Waals surface area contributed by atoms with Gasteiger partial charge in [-0.15, -0.1) is 0 Å². The molecule has 23 heavy (non-hydrogen) atoms. The zero-order valence-corrected chi connectivity index (χ0v) is 14.6. The van der Waals surface area contributed by atoms with Gasteiger partial charge in [-0.2, -0.15) is 0 Å². The van der Waals surface area contributed by atoms with E-state index in [1.54, 1.807) is 14.2 Å². The van der Waals surface area contributed by atoms with Crippen LogP contribution in [0, 0.1) is 0 Å². The second kappa shape index (κ2) is 11.6. The van der Waals surface area contributed by atoms with Crippen molar-refractivity contribution in [1.82, 2.24) is 10.6 Å². The van der Waals surface area contributed by atoms with Crippen LogP contribution in [0.1, 0.15) is 25.8 Å². The van der Waals surface area contributed by atoms with Crippen LogP contribution in [0.3, 0.4) is 0 Å².